The van der Waals surface area contributed by atoms with E-state index < -0.39 is 0 Å². The quantitative estimate of drug-likeness (QED) is 0.856. The molecule has 19 heavy (non-hydrogen) atoms. The predicted octanol–water partition coefficient (Wildman–Crippen LogP) is 1.26. The van der Waals surface area contributed by atoms with Crippen molar-refractivity contribution in [2.45, 2.75) is 24.8 Å². The molecule has 2 fully saturated rings. The van der Waals surface area contributed by atoms with Crippen LogP contribution in [0.1, 0.15) is 18.4 Å². The summed E-state index contributed by atoms with van der Waals surface area (Å²) in [5.41, 5.74) is 1.87. The van der Waals surface area contributed by atoms with Crippen molar-refractivity contribution in [3.05, 3.63) is 35.9 Å². The Morgan fingerprint density at radius 2 is 1.53 bits per heavy atom. The van der Waals surface area contributed by atoms with Crippen LogP contribution in [0, 0.1) is 0 Å². The molecular weight excluding hydrogens is 234 g/mol. The first-order valence-electron chi connectivity index (χ1n) is 7.60. The van der Waals surface area contributed by atoms with Crippen LogP contribution in [0.25, 0.3) is 0 Å². The third kappa shape index (κ3) is 2.99. The lowest BCUT2D eigenvalue weighted by Gasteiger charge is -2.48. The molecular formula is C16H25N3. The molecule has 0 aliphatic carbocycles. The number of nitrogens with one attached hydrogen (secondary N) is 2. The van der Waals surface area contributed by atoms with Crippen LogP contribution in [-0.2, 0) is 6.42 Å². The van der Waals surface area contributed by atoms with Crippen molar-refractivity contribution in [2.75, 3.05) is 39.3 Å². The molecule has 0 spiro atoms. The lowest BCUT2D eigenvalue weighted by molar-refractivity contribution is 0.0450. The Balaban J connectivity index is 1.79. The van der Waals surface area contributed by atoms with E-state index in [4.69, 9.17) is 0 Å². The Kier molecular flexibility index (Phi) is 4.16. The van der Waals surface area contributed by atoms with E-state index in [1.54, 1.807) is 0 Å². The Morgan fingerprint density at radius 1 is 0.895 bits per heavy atom. The normalized spacial score (nSPS) is 24.2. The van der Waals surface area contributed by atoms with E-state index >= 15 is 0 Å². The van der Waals surface area contributed by atoms with Gasteiger partial charge >= 0.3 is 0 Å². The molecule has 0 amide bonds. The molecule has 0 aromatic heterocycles. The molecule has 3 nitrogen and oxygen atoms in total. The molecule has 2 N–H and O–H groups in total. The summed E-state index contributed by atoms with van der Waals surface area (Å²) >= 11 is 0. The maximum absolute atomic E-state index is 3.52. The van der Waals surface area contributed by atoms with Gasteiger partial charge in [-0.2, -0.15) is 0 Å². The molecule has 2 aliphatic rings. The maximum atomic E-state index is 3.52. The van der Waals surface area contributed by atoms with Gasteiger partial charge in [0.15, 0.2) is 0 Å². The van der Waals surface area contributed by atoms with Crippen LogP contribution in [0.5, 0.6) is 0 Å². The summed E-state index contributed by atoms with van der Waals surface area (Å²) in [4.78, 5) is 2.75. The van der Waals surface area contributed by atoms with E-state index in [2.05, 4.69) is 45.9 Å². The number of hydrogen-bond donors (Lipinski definition) is 2. The first-order chi connectivity index (χ1) is 9.39. The lowest BCUT2D eigenvalue weighted by Crippen LogP contribution is -2.60. The van der Waals surface area contributed by atoms with Gasteiger partial charge in [0.25, 0.3) is 0 Å². The molecule has 1 aromatic carbocycles. The summed E-state index contributed by atoms with van der Waals surface area (Å²) in [6, 6.07) is 11.0. The van der Waals surface area contributed by atoms with Crippen molar-refractivity contribution >= 4 is 0 Å². The highest BCUT2D eigenvalue weighted by Gasteiger charge is 2.38. The zero-order chi connectivity index (χ0) is 13.0. The molecule has 2 heterocycles. The fraction of sp³-hybridized carbons (Fsp3) is 0.625. The van der Waals surface area contributed by atoms with Gasteiger partial charge in [0.1, 0.15) is 0 Å². The number of piperazine rings is 1. The number of rotatable bonds is 3. The second-order valence-electron chi connectivity index (χ2n) is 5.87. The highest BCUT2D eigenvalue weighted by atomic mass is 15.2. The summed E-state index contributed by atoms with van der Waals surface area (Å²) in [5, 5.41) is 7.00. The summed E-state index contributed by atoms with van der Waals surface area (Å²) in [7, 11) is 0. The molecule has 0 saturated carbocycles. The van der Waals surface area contributed by atoms with Crippen LogP contribution in [0.15, 0.2) is 30.3 Å². The number of hydrogen-bond acceptors (Lipinski definition) is 3. The van der Waals surface area contributed by atoms with Crippen LogP contribution in [0.4, 0.5) is 0 Å². The van der Waals surface area contributed by atoms with E-state index in [-0.39, 0.29) is 0 Å². The largest absolute Gasteiger partial charge is 0.317 e. The molecule has 104 valence electrons. The highest BCUT2D eigenvalue weighted by molar-refractivity contribution is 5.19. The third-order valence-electron chi connectivity index (χ3n) is 4.70. The molecule has 0 atom stereocenters. The molecule has 3 heteroatoms. The minimum Gasteiger partial charge on any atom is -0.317 e. The smallest absolute Gasteiger partial charge is 0.0275 e. The molecule has 1 aromatic rings. The van der Waals surface area contributed by atoms with Crippen molar-refractivity contribution < 1.29 is 0 Å². The van der Waals surface area contributed by atoms with Crippen molar-refractivity contribution in [3.63, 3.8) is 0 Å². The molecule has 0 bridgehead atoms. The number of nitrogens with zero attached hydrogens (tertiary/aromatic N) is 1. The van der Waals surface area contributed by atoms with Crippen molar-refractivity contribution in [2.24, 2.45) is 0 Å². The Hall–Kier alpha value is -0.900. The SMILES string of the molecule is c1ccc(CC2(N3CCNCC3)CCNCC2)cc1. The second kappa shape index (κ2) is 6.04. The van der Waals surface area contributed by atoms with Gasteiger partial charge in [0.2, 0.25) is 0 Å². The van der Waals surface area contributed by atoms with E-state index in [0.29, 0.717) is 5.54 Å². The van der Waals surface area contributed by atoms with Gasteiger partial charge in [0.05, 0.1) is 0 Å². The van der Waals surface area contributed by atoms with Crippen LogP contribution in [0.3, 0.4) is 0 Å². The average molecular weight is 259 g/mol. The predicted molar refractivity (Wildman–Crippen MR) is 79.4 cm³/mol. The Bertz CT molecular complexity index is 378. The second-order valence-corrected chi connectivity index (χ2v) is 5.87. The molecule has 3 rings (SSSR count). The Morgan fingerprint density at radius 3 is 2.21 bits per heavy atom. The summed E-state index contributed by atoms with van der Waals surface area (Å²) in [6.45, 7) is 7.02. The van der Waals surface area contributed by atoms with Gasteiger partial charge in [-0.05, 0) is 37.9 Å². The number of piperidine rings is 1. The van der Waals surface area contributed by atoms with Crippen molar-refractivity contribution in [1.29, 1.82) is 0 Å². The van der Waals surface area contributed by atoms with Crippen LogP contribution in [0.2, 0.25) is 0 Å². The van der Waals surface area contributed by atoms with Gasteiger partial charge in [-0.15, -0.1) is 0 Å². The zero-order valence-electron chi connectivity index (χ0n) is 11.7. The van der Waals surface area contributed by atoms with E-state index in [0.717, 1.165) is 26.2 Å². The topological polar surface area (TPSA) is 27.3 Å². The molecule has 0 unspecified atom stereocenters. The highest BCUT2D eigenvalue weighted by Crippen LogP contribution is 2.30. The Labute approximate surface area is 116 Å². The van der Waals surface area contributed by atoms with Gasteiger partial charge < -0.3 is 10.6 Å². The maximum Gasteiger partial charge on any atom is 0.0275 e. The van der Waals surface area contributed by atoms with Gasteiger partial charge in [-0.3, -0.25) is 4.90 Å². The standard InChI is InChI=1S/C16H25N3/c1-2-4-15(5-3-1)14-16(6-8-17-9-7-16)19-12-10-18-11-13-19/h1-5,17-18H,6-14H2. The third-order valence-corrected chi connectivity index (χ3v) is 4.70. The van der Waals surface area contributed by atoms with Gasteiger partial charge in [-0.25, -0.2) is 0 Å². The van der Waals surface area contributed by atoms with Crippen molar-refractivity contribution in [1.82, 2.24) is 15.5 Å². The van der Waals surface area contributed by atoms with Gasteiger partial charge in [0, 0.05) is 31.7 Å². The molecule has 0 radical (unpaired) electrons. The molecule has 2 saturated heterocycles. The van der Waals surface area contributed by atoms with Crippen LogP contribution < -0.4 is 10.6 Å². The zero-order valence-corrected chi connectivity index (χ0v) is 11.7. The fourth-order valence-electron chi connectivity index (χ4n) is 3.61. The average Bonchev–Trinajstić information content (AvgIpc) is 2.50. The van der Waals surface area contributed by atoms with Crippen LogP contribution in [-0.4, -0.2) is 49.7 Å². The number of benzene rings is 1. The van der Waals surface area contributed by atoms with E-state index in [1.807, 2.05) is 0 Å². The van der Waals surface area contributed by atoms with E-state index in [9.17, 15) is 0 Å². The van der Waals surface area contributed by atoms with Crippen LogP contribution >= 0.6 is 0 Å². The van der Waals surface area contributed by atoms with E-state index in [1.165, 1.54) is 37.9 Å². The lowest BCUT2D eigenvalue weighted by atomic mass is 9.80. The summed E-state index contributed by atoms with van der Waals surface area (Å²) in [5.74, 6) is 0. The monoisotopic (exact) mass is 259 g/mol. The summed E-state index contributed by atoms with van der Waals surface area (Å²) in [6.07, 6.45) is 3.76. The fourth-order valence-corrected chi connectivity index (χ4v) is 3.61. The molecule has 2 aliphatic heterocycles. The van der Waals surface area contributed by atoms with Crippen molar-refractivity contribution in [3.8, 4) is 0 Å². The minimum absolute atomic E-state index is 0.384. The first-order valence-corrected chi connectivity index (χ1v) is 7.60. The minimum atomic E-state index is 0.384. The summed E-state index contributed by atoms with van der Waals surface area (Å²) < 4.78 is 0. The van der Waals surface area contributed by atoms with Gasteiger partial charge in [-0.1, -0.05) is 30.3 Å². The first kappa shape index (κ1) is 13.1.